The second kappa shape index (κ2) is 16.4. The first kappa shape index (κ1) is 30.8. The molecule has 2 rings (SSSR count). The van der Waals surface area contributed by atoms with Crippen molar-refractivity contribution in [2.75, 3.05) is 0 Å². The van der Waals surface area contributed by atoms with E-state index in [1.165, 1.54) is 62.5 Å². The zero-order chi connectivity index (χ0) is 25.6. The Morgan fingerprint density at radius 2 is 0.829 bits per heavy atom. The van der Waals surface area contributed by atoms with Gasteiger partial charge in [-0.25, -0.2) is 0 Å². The van der Waals surface area contributed by atoms with Crippen LogP contribution in [0.3, 0.4) is 0 Å². The van der Waals surface area contributed by atoms with Crippen LogP contribution in [0.15, 0.2) is 48.5 Å². The first-order chi connectivity index (χ1) is 16.9. The minimum absolute atomic E-state index is 1.04. The van der Waals surface area contributed by atoms with E-state index in [0.717, 1.165) is 29.2 Å². The molecular weight excluding hydrogens is 646 g/mol. The molecule has 0 unspecified atom stereocenters. The predicted octanol–water partition coefficient (Wildman–Crippen LogP) is 9.86. The summed E-state index contributed by atoms with van der Waals surface area (Å²) in [4.78, 5) is 0. The van der Waals surface area contributed by atoms with Gasteiger partial charge in [0.15, 0.2) is 0 Å². The first-order valence-corrected chi connectivity index (χ1v) is 26.9. The Balaban J connectivity index is 2.56. The summed E-state index contributed by atoms with van der Waals surface area (Å²) in [5, 5.41) is 0. The average molecular weight is 696 g/mol. The summed E-state index contributed by atoms with van der Waals surface area (Å²) in [6, 6.07) is 17.1. The van der Waals surface area contributed by atoms with E-state index >= 15 is 0 Å². The molecule has 0 aliphatic rings. The van der Waals surface area contributed by atoms with Crippen LogP contribution < -0.4 is 6.15 Å². The van der Waals surface area contributed by atoms with Gasteiger partial charge in [-0.2, -0.15) is 0 Å². The van der Waals surface area contributed by atoms with Crippen molar-refractivity contribution >= 4 is 38.4 Å². The van der Waals surface area contributed by atoms with Crippen molar-refractivity contribution in [3.63, 3.8) is 0 Å². The Labute approximate surface area is 226 Å². The Kier molecular flexibility index (Phi) is 14.5. The summed E-state index contributed by atoms with van der Waals surface area (Å²) in [5.41, 5.74) is 2.43. The molecule has 0 saturated heterocycles. The Hall–Kier alpha value is -0.403. The Morgan fingerprint density at radius 3 is 1.11 bits per heavy atom. The first-order valence-electron chi connectivity index (χ1n) is 14.1. The normalized spacial score (nSPS) is 12.1. The number of benzene rings is 2. The molecule has 0 radical (unpaired) electrons. The molecule has 2 aromatic carbocycles. The minimum atomic E-state index is -3.53. The van der Waals surface area contributed by atoms with Gasteiger partial charge < -0.3 is 0 Å². The number of rotatable bonds is 18. The van der Waals surface area contributed by atoms with Gasteiger partial charge in [-0.1, -0.05) is 0 Å². The molecule has 0 spiro atoms. The molecule has 0 bridgehead atoms. The SMILES string of the molecule is CCC[CH2][Sn]([CH2]CCC)([O]c1ccccc1C)[O][Sn]([CH2]CCC)([CH2]CCC)[O]c1ccccc1C. The molecule has 0 fully saturated rings. The number of para-hydroxylation sites is 2. The van der Waals surface area contributed by atoms with Crippen LogP contribution >= 0.6 is 0 Å². The van der Waals surface area contributed by atoms with E-state index in [0.29, 0.717) is 0 Å². The summed E-state index contributed by atoms with van der Waals surface area (Å²) in [5.74, 6) is 2.08. The van der Waals surface area contributed by atoms with Crippen molar-refractivity contribution in [1.29, 1.82) is 0 Å². The van der Waals surface area contributed by atoms with Gasteiger partial charge in [0.05, 0.1) is 0 Å². The van der Waals surface area contributed by atoms with Crippen LogP contribution in [0.4, 0.5) is 0 Å². The van der Waals surface area contributed by atoms with E-state index in [9.17, 15) is 0 Å². The summed E-state index contributed by atoms with van der Waals surface area (Å²) >= 11 is -7.06. The maximum absolute atomic E-state index is 7.73. The number of hydrogen-bond donors (Lipinski definition) is 0. The van der Waals surface area contributed by atoms with Gasteiger partial charge in [0.25, 0.3) is 0 Å². The van der Waals surface area contributed by atoms with E-state index in [-0.39, 0.29) is 0 Å². The Morgan fingerprint density at radius 1 is 0.514 bits per heavy atom. The van der Waals surface area contributed by atoms with E-state index in [1.54, 1.807) is 0 Å². The third kappa shape index (κ3) is 10.1. The van der Waals surface area contributed by atoms with Gasteiger partial charge in [0.2, 0.25) is 0 Å². The standard InChI is InChI=1S/2C7H8O.4C4H9.O.2Sn/c2*1-6-4-2-3-5-7(6)8;4*1-3-4-2;;;/h2*2-5,8H,1H3;4*1,3-4H2,2H3;;;/q;;;;;;;2*+1/p-2. The maximum atomic E-state index is 7.73. The van der Waals surface area contributed by atoms with Gasteiger partial charge in [-0.15, -0.1) is 0 Å². The fourth-order valence-corrected chi connectivity index (χ4v) is 46.7. The molecule has 0 aliphatic heterocycles. The van der Waals surface area contributed by atoms with E-state index in [2.05, 4.69) is 90.1 Å². The third-order valence-electron chi connectivity index (χ3n) is 6.80. The molecule has 196 valence electrons. The van der Waals surface area contributed by atoms with E-state index < -0.39 is 38.4 Å². The van der Waals surface area contributed by atoms with Crippen molar-refractivity contribution in [3.8, 4) is 11.5 Å². The van der Waals surface area contributed by atoms with Crippen LogP contribution in [0, 0.1) is 13.8 Å². The molecule has 0 amide bonds. The van der Waals surface area contributed by atoms with Gasteiger partial charge in [0.1, 0.15) is 0 Å². The molecule has 0 N–H and O–H groups in total. The number of hydrogen-bond acceptors (Lipinski definition) is 3. The topological polar surface area (TPSA) is 27.7 Å². The van der Waals surface area contributed by atoms with Crippen molar-refractivity contribution in [2.24, 2.45) is 0 Å². The van der Waals surface area contributed by atoms with Gasteiger partial charge in [0, 0.05) is 0 Å². The monoisotopic (exact) mass is 698 g/mol. The van der Waals surface area contributed by atoms with Crippen LogP contribution in [0.1, 0.15) is 90.2 Å². The van der Waals surface area contributed by atoms with Crippen LogP contribution in [0.2, 0.25) is 17.7 Å². The van der Waals surface area contributed by atoms with Crippen LogP contribution in [0.25, 0.3) is 0 Å². The van der Waals surface area contributed by atoms with Crippen LogP contribution in [0.5, 0.6) is 11.5 Å². The Bertz CT molecular complexity index is 770. The molecule has 3 nitrogen and oxygen atoms in total. The van der Waals surface area contributed by atoms with E-state index in [4.69, 9.17) is 7.56 Å². The van der Waals surface area contributed by atoms with Crippen LogP contribution in [-0.4, -0.2) is 38.4 Å². The van der Waals surface area contributed by atoms with Crippen molar-refractivity contribution < 1.29 is 7.56 Å². The van der Waals surface area contributed by atoms with E-state index in [1.807, 2.05) is 0 Å². The molecule has 5 heteroatoms. The second-order valence-electron chi connectivity index (χ2n) is 10.1. The molecule has 0 atom stereocenters. The summed E-state index contributed by atoms with van der Waals surface area (Å²) in [6.07, 6.45) is 9.43. The van der Waals surface area contributed by atoms with Gasteiger partial charge in [-0.3, -0.25) is 0 Å². The predicted molar refractivity (Wildman–Crippen MR) is 155 cm³/mol. The molecular formula is C30H50O3Sn2. The molecule has 2 aromatic rings. The molecule has 0 aromatic heterocycles. The number of unbranched alkanes of at least 4 members (excludes halogenated alkanes) is 4. The summed E-state index contributed by atoms with van der Waals surface area (Å²) < 4.78 is 26.6. The molecule has 0 aliphatic carbocycles. The second-order valence-corrected chi connectivity index (χ2v) is 31.8. The average Bonchev–Trinajstić information content (AvgIpc) is 2.86. The fourth-order valence-electron chi connectivity index (χ4n) is 4.57. The van der Waals surface area contributed by atoms with Crippen molar-refractivity contribution in [2.45, 2.75) is 111 Å². The third-order valence-corrected chi connectivity index (χ3v) is 39.3. The molecule has 0 heterocycles. The zero-order valence-electron chi connectivity index (χ0n) is 23.3. The summed E-state index contributed by atoms with van der Waals surface area (Å²) in [7, 11) is 0. The van der Waals surface area contributed by atoms with Crippen molar-refractivity contribution in [3.05, 3.63) is 59.7 Å². The quantitative estimate of drug-likeness (QED) is 0.145. The zero-order valence-corrected chi connectivity index (χ0v) is 29.0. The van der Waals surface area contributed by atoms with Gasteiger partial charge in [-0.05, 0) is 0 Å². The molecule has 0 saturated carbocycles. The number of aryl methyl sites for hydroxylation is 2. The fraction of sp³-hybridized carbons (Fsp3) is 0.600. The van der Waals surface area contributed by atoms with Gasteiger partial charge >= 0.3 is 228 Å². The molecule has 35 heavy (non-hydrogen) atoms. The summed E-state index contributed by atoms with van der Waals surface area (Å²) in [6.45, 7) is 13.5. The van der Waals surface area contributed by atoms with Crippen LogP contribution in [-0.2, 0) is 1.41 Å². The van der Waals surface area contributed by atoms with Crippen molar-refractivity contribution in [1.82, 2.24) is 0 Å².